The number of hydrogen-bond acceptors (Lipinski definition) is 4. The molecule has 0 amide bonds. The summed E-state index contributed by atoms with van der Waals surface area (Å²) in [6.45, 7) is 2.07. The number of benzene rings is 1. The monoisotopic (exact) mass is 279 g/mol. The fraction of sp³-hybridized carbons (Fsp3) is 0.571. The lowest BCUT2D eigenvalue weighted by Crippen LogP contribution is -2.35. The zero-order valence-corrected chi connectivity index (χ0v) is 11.5. The third-order valence-corrected chi connectivity index (χ3v) is 3.29. The number of hydrogen-bond donors (Lipinski definition) is 0. The van der Waals surface area contributed by atoms with Crippen LogP contribution in [0, 0.1) is 26.3 Å². The molecule has 6 nitrogen and oxygen atoms in total. The molecule has 0 N–H and O–H groups in total. The minimum absolute atomic E-state index is 0.438. The molecule has 0 heterocycles. The molecule has 1 aromatic carbocycles. The van der Waals surface area contributed by atoms with Crippen molar-refractivity contribution in [3.8, 4) is 0 Å². The topological polar surface area (TPSA) is 86.3 Å². The number of nitrogens with zero attached hydrogens (tertiary/aromatic N) is 2. The van der Waals surface area contributed by atoms with Gasteiger partial charge in [0, 0.05) is 0 Å². The first-order valence-corrected chi connectivity index (χ1v) is 6.81. The summed E-state index contributed by atoms with van der Waals surface area (Å²) in [6, 6.07) is 9.66. The fourth-order valence-corrected chi connectivity index (χ4v) is 2.26. The molecule has 1 unspecified atom stereocenters. The van der Waals surface area contributed by atoms with Crippen molar-refractivity contribution in [2.24, 2.45) is 0 Å². The first kappa shape index (κ1) is 16.1. The Bertz CT molecular complexity index is 422. The van der Waals surface area contributed by atoms with E-state index in [4.69, 9.17) is 0 Å². The molecular formula is C14H19N2O4. The molecule has 0 saturated carbocycles. The minimum atomic E-state index is -1.80. The molecular weight excluding hydrogens is 260 g/mol. The SMILES string of the molecule is CCCCCCC(c1[c]cccc1)C([N+](=O)[O-])[N+](=O)[O-]. The summed E-state index contributed by atoms with van der Waals surface area (Å²) in [7, 11) is 0. The van der Waals surface area contributed by atoms with Crippen molar-refractivity contribution in [1.82, 2.24) is 0 Å². The molecule has 0 aromatic heterocycles. The van der Waals surface area contributed by atoms with Crippen LogP contribution >= 0.6 is 0 Å². The minimum Gasteiger partial charge on any atom is -0.259 e. The zero-order valence-electron chi connectivity index (χ0n) is 11.5. The molecule has 1 aromatic rings. The summed E-state index contributed by atoms with van der Waals surface area (Å²) in [5.74, 6) is -0.724. The summed E-state index contributed by atoms with van der Waals surface area (Å²) >= 11 is 0. The Morgan fingerprint density at radius 2 is 1.85 bits per heavy atom. The van der Waals surface area contributed by atoms with E-state index in [1.54, 1.807) is 24.3 Å². The van der Waals surface area contributed by atoms with Crippen molar-refractivity contribution < 1.29 is 9.85 Å². The number of nitro groups is 2. The van der Waals surface area contributed by atoms with Crippen LogP contribution in [0.2, 0.25) is 0 Å². The van der Waals surface area contributed by atoms with Crippen molar-refractivity contribution in [2.45, 2.75) is 51.1 Å². The van der Waals surface area contributed by atoms with Crippen molar-refractivity contribution in [3.05, 3.63) is 56.1 Å². The third kappa shape index (κ3) is 4.60. The summed E-state index contributed by atoms with van der Waals surface area (Å²) < 4.78 is 0. The Hall–Kier alpha value is -1.98. The van der Waals surface area contributed by atoms with Gasteiger partial charge in [-0.15, -0.1) is 0 Å². The molecule has 109 valence electrons. The van der Waals surface area contributed by atoms with Gasteiger partial charge in [0.05, 0.1) is 9.85 Å². The number of rotatable bonds is 9. The summed E-state index contributed by atoms with van der Waals surface area (Å²) in [4.78, 5) is 20.4. The molecule has 0 fully saturated rings. The largest absolute Gasteiger partial charge is 0.457 e. The lowest BCUT2D eigenvalue weighted by Gasteiger charge is -2.15. The maximum absolute atomic E-state index is 11.0. The Labute approximate surface area is 118 Å². The highest BCUT2D eigenvalue weighted by Crippen LogP contribution is 2.27. The third-order valence-electron chi connectivity index (χ3n) is 3.29. The Balaban J connectivity index is 2.88. The van der Waals surface area contributed by atoms with Crippen molar-refractivity contribution >= 4 is 0 Å². The highest BCUT2D eigenvalue weighted by atomic mass is 16.7. The van der Waals surface area contributed by atoms with Gasteiger partial charge in [0.1, 0.15) is 5.92 Å². The standard InChI is InChI=1S/C14H19N2O4/c1-2-3-4-8-11-13(12-9-6-5-7-10-12)14(15(17)18)16(19)20/h5-7,9,13-14H,2-4,8,11H2,1H3. The molecule has 1 rings (SSSR count). The van der Waals surface area contributed by atoms with Crippen LogP contribution in [0.15, 0.2) is 24.3 Å². The van der Waals surface area contributed by atoms with Gasteiger partial charge in [-0.2, -0.15) is 0 Å². The fourth-order valence-electron chi connectivity index (χ4n) is 2.26. The molecule has 6 heteroatoms. The molecule has 20 heavy (non-hydrogen) atoms. The predicted molar refractivity (Wildman–Crippen MR) is 74.6 cm³/mol. The smallest absolute Gasteiger partial charge is 0.259 e. The highest BCUT2D eigenvalue weighted by Gasteiger charge is 2.42. The summed E-state index contributed by atoms with van der Waals surface area (Å²) in [5, 5.41) is 22.0. The number of unbranched alkanes of at least 4 members (excludes halogenated alkanes) is 3. The summed E-state index contributed by atoms with van der Waals surface area (Å²) in [6.07, 6.45) is 2.41. The lowest BCUT2D eigenvalue weighted by atomic mass is 9.90. The van der Waals surface area contributed by atoms with E-state index in [2.05, 4.69) is 13.0 Å². The second kappa shape index (κ2) is 8.24. The first-order valence-electron chi connectivity index (χ1n) is 6.81. The average Bonchev–Trinajstić information content (AvgIpc) is 2.42. The maximum atomic E-state index is 11.0. The average molecular weight is 279 g/mol. The van der Waals surface area contributed by atoms with Crippen molar-refractivity contribution in [1.29, 1.82) is 0 Å². The van der Waals surface area contributed by atoms with E-state index in [0.717, 1.165) is 25.7 Å². The second-order valence-electron chi connectivity index (χ2n) is 4.76. The van der Waals surface area contributed by atoms with Crippen LogP contribution in [-0.4, -0.2) is 16.0 Å². The van der Waals surface area contributed by atoms with Crippen molar-refractivity contribution in [2.75, 3.05) is 0 Å². The molecule has 1 radical (unpaired) electrons. The Morgan fingerprint density at radius 1 is 1.15 bits per heavy atom. The molecule has 0 saturated heterocycles. The lowest BCUT2D eigenvalue weighted by molar-refractivity contribution is -0.746. The van der Waals surface area contributed by atoms with E-state index in [1.807, 2.05) is 0 Å². The van der Waals surface area contributed by atoms with Gasteiger partial charge in [0.15, 0.2) is 0 Å². The molecule has 0 aliphatic rings. The van der Waals surface area contributed by atoms with E-state index in [-0.39, 0.29) is 0 Å². The van der Waals surface area contributed by atoms with Crippen LogP contribution in [0.3, 0.4) is 0 Å². The molecule has 0 bridgehead atoms. The van der Waals surface area contributed by atoms with Crippen LogP contribution < -0.4 is 0 Å². The molecule has 0 aliphatic heterocycles. The van der Waals surface area contributed by atoms with Crippen LogP contribution in [-0.2, 0) is 0 Å². The maximum Gasteiger partial charge on any atom is 0.457 e. The zero-order chi connectivity index (χ0) is 15.0. The molecule has 1 atom stereocenters. The van der Waals surface area contributed by atoms with Crippen LogP contribution in [0.4, 0.5) is 0 Å². The van der Waals surface area contributed by atoms with Crippen LogP contribution in [0.1, 0.15) is 50.5 Å². The molecule has 0 spiro atoms. The molecule has 0 aliphatic carbocycles. The quantitative estimate of drug-likeness (QED) is 0.300. The first-order chi connectivity index (χ1) is 9.57. The second-order valence-corrected chi connectivity index (χ2v) is 4.76. The van der Waals surface area contributed by atoms with Gasteiger partial charge in [0.2, 0.25) is 0 Å². The van der Waals surface area contributed by atoms with Gasteiger partial charge in [-0.3, -0.25) is 20.2 Å². The van der Waals surface area contributed by atoms with Crippen LogP contribution in [0.5, 0.6) is 0 Å². The van der Waals surface area contributed by atoms with E-state index in [9.17, 15) is 20.2 Å². The van der Waals surface area contributed by atoms with E-state index in [0.29, 0.717) is 12.0 Å². The Kier molecular flexibility index (Phi) is 6.63. The van der Waals surface area contributed by atoms with Gasteiger partial charge in [-0.1, -0.05) is 56.9 Å². The van der Waals surface area contributed by atoms with Gasteiger partial charge >= 0.3 is 6.17 Å². The van der Waals surface area contributed by atoms with Crippen LogP contribution in [0.25, 0.3) is 0 Å². The van der Waals surface area contributed by atoms with Gasteiger partial charge in [0.25, 0.3) is 0 Å². The summed E-state index contributed by atoms with van der Waals surface area (Å²) in [5.41, 5.74) is 0.544. The van der Waals surface area contributed by atoms with Gasteiger partial charge in [-0.25, -0.2) is 0 Å². The van der Waals surface area contributed by atoms with E-state index >= 15 is 0 Å². The van der Waals surface area contributed by atoms with E-state index in [1.165, 1.54) is 0 Å². The normalized spacial score (nSPS) is 12.3. The predicted octanol–water partition coefficient (Wildman–Crippen LogP) is 3.42. The highest BCUT2D eigenvalue weighted by molar-refractivity contribution is 5.18. The van der Waals surface area contributed by atoms with E-state index < -0.39 is 21.9 Å². The van der Waals surface area contributed by atoms with Gasteiger partial charge in [-0.05, 0) is 18.1 Å². The Morgan fingerprint density at radius 3 is 2.35 bits per heavy atom. The van der Waals surface area contributed by atoms with Crippen molar-refractivity contribution in [3.63, 3.8) is 0 Å². The van der Waals surface area contributed by atoms with Gasteiger partial charge < -0.3 is 0 Å².